The quantitative estimate of drug-likeness (QED) is 0.891. The van der Waals surface area contributed by atoms with Crippen molar-refractivity contribution in [1.82, 2.24) is 4.90 Å². The highest BCUT2D eigenvalue weighted by Crippen LogP contribution is 2.20. The maximum atomic E-state index is 12.1. The average molecular weight is 288 g/mol. The van der Waals surface area contributed by atoms with Crippen molar-refractivity contribution in [1.29, 1.82) is 0 Å². The molecule has 1 unspecified atom stereocenters. The number of likely N-dealkylation sites (tertiary alicyclic amines) is 1. The van der Waals surface area contributed by atoms with E-state index in [2.05, 4.69) is 30.1 Å². The third-order valence-electron chi connectivity index (χ3n) is 4.50. The predicted octanol–water partition coefficient (Wildman–Crippen LogP) is 3.90. The van der Waals surface area contributed by atoms with E-state index in [0.717, 1.165) is 24.3 Å². The lowest BCUT2D eigenvalue weighted by Crippen LogP contribution is -2.40. The smallest absolute Gasteiger partial charge is 0.225 e. The summed E-state index contributed by atoms with van der Waals surface area (Å²) in [5.74, 6) is 0.127. The van der Waals surface area contributed by atoms with Gasteiger partial charge in [0.15, 0.2) is 0 Å². The van der Waals surface area contributed by atoms with E-state index in [1.165, 1.54) is 31.2 Å². The van der Waals surface area contributed by atoms with Gasteiger partial charge < -0.3 is 5.32 Å². The van der Waals surface area contributed by atoms with Gasteiger partial charge in [-0.25, -0.2) is 0 Å². The molecule has 21 heavy (non-hydrogen) atoms. The highest BCUT2D eigenvalue weighted by atomic mass is 16.1. The van der Waals surface area contributed by atoms with Crippen LogP contribution in [0.5, 0.6) is 0 Å². The highest BCUT2D eigenvalue weighted by molar-refractivity contribution is 5.91. The van der Waals surface area contributed by atoms with Gasteiger partial charge in [-0.2, -0.15) is 0 Å². The molecule has 0 aliphatic carbocycles. The summed E-state index contributed by atoms with van der Waals surface area (Å²) < 4.78 is 0. The first-order valence-electron chi connectivity index (χ1n) is 8.21. The number of aryl methyl sites for hydroxylation is 2. The second-order valence-corrected chi connectivity index (χ2v) is 6.21. The van der Waals surface area contributed by atoms with Gasteiger partial charge in [-0.15, -0.1) is 0 Å². The Labute approximate surface area is 128 Å². The van der Waals surface area contributed by atoms with Gasteiger partial charge in [-0.05, 0) is 51.3 Å². The minimum atomic E-state index is 0.127. The van der Waals surface area contributed by atoms with Gasteiger partial charge in [0.2, 0.25) is 5.91 Å². The second-order valence-electron chi connectivity index (χ2n) is 6.21. The minimum absolute atomic E-state index is 0.127. The van der Waals surface area contributed by atoms with Crippen molar-refractivity contribution in [2.45, 2.75) is 58.9 Å². The molecule has 1 aliphatic rings. The summed E-state index contributed by atoms with van der Waals surface area (Å²) in [6, 6.07) is 6.82. The predicted molar refractivity (Wildman–Crippen MR) is 88.7 cm³/mol. The van der Waals surface area contributed by atoms with Crippen LogP contribution in [0, 0.1) is 13.8 Å². The summed E-state index contributed by atoms with van der Waals surface area (Å²) in [6.45, 7) is 8.39. The minimum Gasteiger partial charge on any atom is -0.326 e. The zero-order valence-corrected chi connectivity index (χ0v) is 13.6. The standard InChI is InChI=1S/C18H28N2O/c1-4-16-7-5-6-11-20(16)12-10-18(21)19-17-9-8-14(2)13-15(17)3/h8-9,13,16H,4-7,10-12H2,1-3H3,(H,19,21). The molecule has 2 rings (SSSR count). The maximum absolute atomic E-state index is 12.1. The number of hydrogen-bond donors (Lipinski definition) is 1. The number of anilines is 1. The Balaban J connectivity index is 1.84. The van der Waals surface area contributed by atoms with Gasteiger partial charge in [0, 0.05) is 24.7 Å². The van der Waals surface area contributed by atoms with E-state index < -0.39 is 0 Å². The molecular weight excluding hydrogens is 260 g/mol. The number of benzene rings is 1. The van der Waals surface area contributed by atoms with Crippen LogP contribution in [0.3, 0.4) is 0 Å². The first kappa shape index (κ1) is 16.0. The van der Waals surface area contributed by atoms with Crippen LogP contribution in [0.4, 0.5) is 5.69 Å². The molecule has 1 aromatic rings. The summed E-state index contributed by atoms with van der Waals surface area (Å²) in [4.78, 5) is 14.6. The van der Waals surface area contributed by atoms with E-state index in [9.17, 15) is 4.79 Å². The lowest BCUT2D eigenvalue weighted by atomic mass is 10.00. The van der Waals surface area contributed by atoms with Crippen molar-refractivity contribution < 1.29 is 4.79 Å². The molecule has 1 fully saturated rings. The van der Waals surface area contributed by atoms with Crippen LogP contribution in [-0.4, -0.2) is 29.9 Å². The van der Waals surface area contributed by atoms with Gasteiger partial charge in [-0.1, -0.05) is 31.0 Å². The molecule has 1 N–H and O–H groups in total. The molecule has 1 amide bonds. The van der Waals surface area contributed by atoms with Gasteiger partial charge >= 0.3 is 0 Å². The monoisotopic (exact) mass is 288 g/mol. The fourth-order valence-electron chi connectivity index (χ4n) is 3.23. The van der Waals surface area contributed by atoms with Crippen molar-refractivity contribution in [2.24, 2.45) is 0 Å². The van der Waals surface area contributed by atoms with E-state index in [-0.39, 0.29) is 5.91 Å². The summed E-state index contributed by atoms with van der Waals surface area (Å²) in [5.41, 5.74) is 3.30. The molecule has 3 heteroatoms. The van der Waals surface area contributed by atoms with Crippen molar-refractivity contribution >= 4 is 11.6 Å². The Kier molecular flexibility index (Phi) is 5.80. The molecule has 1 aromatic carbocycles. The number of nitrogens with one attached hydrogen (secondary N) is 1. The zero-order chi connectivity index (χ0) is 15.2. The van der Waals surface area contributed by atoms with Gasteiger partial charge in [0.25, 0.3) is 0 Å². The van der Waals surface area contributed by atoms with Gasteiger partial charge in [0.05, 0.1) is 0 Å². The van der Waals surface area contributed by atoms with Crippen molar-refractivity contribution in [3.05, 3.63) is 29.3 Å². The average Bonchev–Trinajstić information content (AvgIpc) is 2.48. The molecule has 1 saturated heterocycles. The summed E-state index contributed by atoms with van der Waals surface area (Å²) in [7, 11) is 0. The molecule has 1 atom stereocenters. The topological polar surface area (TPSA) is 32.3 Å². The van der Waals surface area contributed by atoms with Crippen molar-refractivity contribution in [3.63, 3.8) is 0 Å². The highest BCUT2D eigenvalue weighted by Gasteiger charge is 2.21. The van der Waals surface area contributed by atoms with E-state index in [1.54, 1.807) is 0 Å². The molecular formula is C18H28N2O. The third-order valence-corrected chi connectivity index (χ3v) is 4.50. The second kappa shape index (κ2) is 7.60. The van der Waals surface area contributed by atoms with Crippen molar-refractivity contribution in [2.75, 3.05) is 18.4 Å². The molecule has 0 aromatic heterocycles. The Morgan fingerprint density at radius 3 is 2.86 bits per heavy atom. The molecule has 1 aliphatic heterocycles. The Morgan fingerprint density at radius 1 is 1.33 bits per heavy atom. The Morgan fingerprint density at radius 2 is 2.14 bits per heavy atom. The Hall–Kier alpha value is -1.35. The Bertz CT molecular complexity index is 484. The third kappa shape index (κ3) is 4.57. The van der Waals surface area contributed by atoms with Crippen LogP contribution in [0.1, 0.15) is 50.2 Å². The van der Waals surface area contributed by atoms with Crippen LogP contribution in [0.25, 0.3) is 0 Å². The SMILES string of the molecule is CCC1CCCCN1CCC(=O)Nc1ccc(C)cc1C. The number of piperidine rings is 1. The maximum Gasteiger partial charge on any atom is 0.225 e. The molecule has 1 heterocycles. The van der Waals surface area contributed by atoms with E-state index in [0.29, 0.717) is 12.5 Å². The fourth-order valence-corrected chi connectivity index (χ4v) is 3.23. The molecule has 0 bridgehead atoms. The number of amides is 1. The molecule has 3 nitrogen and oxygen atoms in total. The fraction of sp³-hybridized carbons (Fsp3) is 0.611. The summed E-state index contributed by atoms with van der Waals surface area (Å²) in [6.07, 6.45) is 5.68. The largest absolute Gasteiger partial charge is 0.326 e. The molecule has 116 valence electrons. The number of carbonyl (C=O) groups is 1. The number of carbonyl (C=O) groups excluding carboxylic acids is 1. The normalized spacial score (nSPS) is 19.5. The zero-order valence-electron chi connectivity index (χ0n) is 13.6. The van der Waals surface area contributed by atoms with Gasteiger partial charge in [-0.3, -0.25) is 9.69 Å². The van der Waals surface area contributed by atoms with Crippen LogP contribution in [-0.2, 0) is 4.79 Å². The summed E-state index contributed by atoms with van der Waals surface area (Å²) in [5, 5.41) is 3.04. The van der Waals surface area contributed by atoms with Gasteiger partial charge in [0.1, 0.15) is 0 Å². The first-order chi connectivity index (χ1) is 10.1. The van der Waals surface area contributed by atoms with Crippen LogP contribution in [0.15, 0.2) is 18.2 Å². The van der Waals surface area contributed by atoms with Crippen molar-refractivity contribution in [3.8, 4) is 0 Å². The van der Waals surface area contributed by atoms with Crippen LogP contribution < -0.4 is 5.32 Å². The van der Waals surface area contributed by atoms with Crippen LogP contribution >= 0.6 is 0 Å². The lowest BCUT2D eigenvalue weighted by molar-refractivity contribution is -0.116. The molecule has 0 radical (unpaired) electrons. The number of rotatable bonds is 5. The van der Waals surface area contributed by atoms with E-state index >= 15 is 0 Å². The molecule has 0 spiro atoms. The lowest BCUT2D eigenvalue weighted by Gasteiger charge is -2.35. The van der Waals surface area contributed by atoms with E-state index in [1.807, 2.05) is 19.1 Å². The summed E-state index contributed by atoms with van der Waals surface area (Å²) >= 11 is 0. The first-order valence-corrected chi connectivity index (χ1v) is 8.21. The number of hydrogen-bond acceptors (Lipinski definition) is 2. The van der Waals surface area contributed by atoms with Crippen LogP contribution in [0.2, 0.25) is 0 Å². The molecule has 0 saturated carbocycles. The van der Waals surface area contributed by atoms with E-state index in [4.69, 9.17) is 0 Å². The number of nitrogens with zero attached hydrogens (tertiary/aromatic N) is 1.